The van der Waals surface area contributed by atoms with E-state index >= 15 is 0 Å². The molecule has 0 saturated carbocycles. The van der Waals surface area contributed by atoms with Gasteiger partial charge in [0.2, 0.25) is 5.78 Å². The number of hydrogen-bond donors (Lipinski definition) is 1. The molecule has 0 saturated heterocycles. The molecule has 0 amide bonds. The first kappa shape index (κ1) is 16.2. The highest BCUT2D eigenvalue weighted by atomic mass is 16.3. The Bertz CT molecular complexity index is 1300. The van der Waals surface area contributed by atoms with Crippen LogP contribution in [0.5, 0.6) is 5.75 Å². The maximum atomic E-state index is 12.9. The summed E-state index contributed by atoms with van der Waals surface area (Å²) in [6.07, 6.45) is 0. The Morgan fingerprint density at radius 2 is 1.81 bits per heavy atom. The summed E-state index contributed by atoms with van der Waals surface area (Å²) in [7, 11) is 1.61. The molecule has 0 aliphatic rings. The van der Waals surface area contributed by atoms with E-state index in [0.29, 0.717) is 22.6 Å². The van der Waals surface area contributed by atoms with Crippen LogP contribution in [0.4, 0.5) is 0 Å². The van der Waals surface area contributed by atoms with Gasteiger partial charge in [-0.05, 0) is 32.9 Å². The largest absolute Gasteiger partial charge is 0.506 e. The average molecular weight is 353 g/mol. The summed E-state index contributed by atoms with van der Waals surface area (Å²) in [5.74, 6) is 0.595. The van der Waals surface area contributed by atoms with E-state index < -0.39 is 5.69 Å². The van der Waals surface area contributed by atoms with E-state index in [1.807, 2.05) is 19.9 Å². The van der Waals surface area contributed by atoms with E-state index in [4.69, 9.17) is 0 Å². The number of benzene rings is 1. The van der Waals surface area contributed by atoms with Crippen molar-refractivity contribution >= 4 is 16.9 Å². The number of fused-ring (bicyclic) bond motifs is 3. The molecule has 8 heteroatoms. The lowest BCUT2D eigenvalue weighted by molar-refractivity contribution is 0.472. The van der Waals surface area contributed by atoms with Crippen LogP contribution in [-0.4, -0.2) is 28.2 Å². The minimum Gasteiger partial charge on any atom is -0.506 e. The van der Waals surface area contributed by atoms with Crippen molar-refractivity contribution in [1.82, 2.24) is 23.1 Å². The van der Waals surface area contributed by atoms with Crippen molar-refractivity contribution in [2.75, 3.05) is 0 Å². The van der Waals surface area contributed by atoms with Crippen LogP contribution in [0.2, 0.25) is 0 Å². The summed E-state index contributed by atoms with van der Waals surface area (Å²) in [6, 6.07) is 6.95. The third-order valence-corrected chi connectivity index (χ3v) is 4.96. The number of phenols is 1. The zero-order chi connectivity index (χ0) is 18.7. The molecule has 8 nitrogen and oxygen atoms in total. The molecule has 1 aromatic carbocycles. The van der Waals surface area contributed by atoms with Crippen molar-refractivity contribution in [1.29, 1.82) is 0 Å². The third-order valence-electron chi connectivity index (χ3n) is 4.96. The van der Waals surface area contributed by atoms with Gasteiger partial charge in [0, 0.05) is 25.0 Å². The van der Waals surface area contributed by atoms with Crippen LogP contribution >= 0.6 is 0 Å². The van der Waals surface area contributed by atoms with Crippen LogP contribution in [0.3, 0.4) is 0 Å². The Balaban J connectivity index is 2.28. The van der Waals surface area contributed by atoms with Crippen LogP contribution in [0.25, 0.3) is 22.6 Å². The topological polar surface area (TPSA) is 86.5 Å². The van der Waals surface area contributed by atoms with E-state index in [2.05, 4.69) is 4.98 Å². The Morgan fingerprint density at radius 3 is 2.46 bits per heavy atom. The summed E-state index contributed by atoms with van der Waals surface area (Å²) in [4.78, 5) is 29.9. The highest BCUT2D eigenvalue weighted by Crippen LogP contribution is 2.28. The monoisotopic (exact) mass is 353 g/mol. The van der Waals surface area contributed by atoms with Gasteiger partial charge < -0.3 is 5.11 Å². The summed E-state index contributed by atoms with van der Waals surface area (Å²) >= 11 is 0. The second kappa shape index (κ2) is 5.35. The van der Waals surface area contributed by atoms with Crippen molar-refractivity contribution in [3.05, 3.63) is 56.5 Å². The summed E-state index contributed by atoms with van der Waals surface area (Å²) < 4.78 is 6.13. The van der Waals surface area contributed by atoms with E-state index in [-0.39, 0.29) is 17.9 Å². The highest BCUT2D eigenvalue weighted by molar-refractivity contribution is 5.77. The molecule has 0 unspecified atom stereocenters. The molecule has 26 heavy (non-hydrogen) atoms. The maximum absolute atomic E-state index is 12.9. The average Bonchev–Trinajstić information content (AvgIpc) is 3.11. The van der Waals surface area contributed by atoms with Gasteiger partial charge in [0.25, 0.3) is 5.56 Å². The first-order chi connectivity index (χ1) is 12.4. The molecule has 1 N–H and O–H groups in total. The number of nitrogens with zero attached hydrogens (tertiary/aromatic N) is 5. The quantitative estimate of drug-likeness (QED) is 0.591. The van der Waals surface area contributed by atoms with Gasteiger partial charge in [-0.3, -0.25) is 22.9 Å². The van der Waals surface area contributed by atoms with Crippen LogP contribution < -0.4 is 11.2 Å². The molecule has 0 radical (unpaired) electrons. The van der Waals surface area contributed by atoms with Crippen LogP contribution in [-0.2, 0) is 13.6 Å². The summed E-state index contributed by atoms with van der Waals surface area (Å²) in [5.41, 5.74) is 2.17. The van der Waals surface area contributed by atoms with Crippen molar-refractivity contribution in [2.45, 2.75) is 27.3 Å². The van der Waals surface area contributed by atoms with Crippen LogP contribution in [0, 0.1) is 13.8 Å². The van der Waals surface area contributed by atoms with Gasteiger partial charge in [-0.2, -0.15) is 4.98 Å². The van der Waals surface area contributed by atoms with Gasteiger partial charge in [0.15, 0.2) is 11.2 Å². The predicted molar refractivity (Wildman–Crippen MR) is 98.3 cm³/mol. The molecule has 0 aliphatic carbocycles. The molecule has 0 aliphatic heterocycles. The second-order valence-corrected chi connectivity index (χ2v) is 6.31. The molecule has 0 spiro atoms. The first-order valence-corrected chi connectivity index (χ1v) is 8.36. The third kappa shape index (κ3) is 1.86. The molecule has 3 aromatic heterocycles. The Labute approximate surface area is 148 Å². The maximum Gasteiger partial charge on any atom is 0.332 e. The number of para-hydroxylation sites is 2. The fourth-order valence-electron chi connectivity index (χ4n) is 3.47. The van der Waals surface area contributed by atoms with Crippen molar-refractivity contribution < 1.29 is 5.11 Å². The molecule has 0 bridgehead atoms. The number of phenolic OH excluding ortho intramolecular Hbond substituents is 1. The minimum atomic E-state index is -0.394. The summed E-state index contributed by atoms with van der Waals surface area (Å²) in [6.45, 7) is 5.84. The smallest absolute Gasteiger partial charge is 0.332 e. The fourth-order valence-corrected chi connectivity index (χ4v) is 3.47. The van der Waals surface area contributed by atoms with Gasteiger partial charge >= 0.3 is 5.69 Å². The van der Waals surface area contributed by atoms with Crippen LogP contribution in [0.1, 0.15) is 18.3 Å². The zero-order valence-electron chi connectivity index (χ0n) is 15.0. The normalized spacial score (nSPS) is 11.7. The predicted octanol–water partition coefficient (Wildman–Crippen LogP) is 1.48. The molecule has 0 fully saturated rings. The number of aromatic hydroxyl groups is 1. The van der Waals surface area contributed by atoms with E-state index in [9.17, 15) is 14.7 Å². The van der Waals surface area contributed by atoms with Crippen LogP contribution in [0.15, 0.2) is 33.9 Å². The van der Waals surface area contributed by atoms with Gasteiger partial charge in [0.1, 0.15) is 5.75 Å². The first-order valence-electron chi connectivity index (χ1n) is 8.36. The lowest BCUT2D eigenvalue weighted by Gasteiger charge is -2.08. The van der Waals surface area contributed by atoms with E-state index in [1.54, 1.807) is 41.1 Å². The minimum absolute atomic E-state index is 0.111. The molecular formula is C18H19N5O3. The Kier molecular flexibility index (Phi) is 3.33. The van der Waals surface area contributed by atoms with Gasteiger partial charge in [0.05, 0.1) is 5.69 Å². The highest BCUT2D eigenvalue weighted by Gasteiger charge is 2.23. The van der Waals surface area contributed by atoms with Gasteiger partial charge in [-0.15, -0.1) is 0 Å². The van der Waals surface area contributed by atoms with Crippen molar-refractivity contribution in [3.63, 3.8) is 0 Å². The zero-order valence-corrected chi connectivity index (χ0v) is 15.0. The number of imidazole rings is 2. The molecule has 3 heterocycles. The number of hydrogen-bond acceptors (Lipinski definition) is 4. The Hall–Kier alpha value is -3.29. The lowest BCUT2D eigenvalue weighted by Crippen LogP contribution is -2.38. The lowest BCUT2D eigenvalue weighted by atomic mass is 10.2. The molecule has 134 valence electrons. The number of rotatable bonds is 2. The van der Waals surface area contributed by atoms with Crippen molar-refractivity contribution in [2.24, 2.45) is 7.05 Å². The molecule has 4 rings (SSSR count). The Morgan fingerprint density at radius 1 is 1.12 bits per heavy atom. The van der Waals surface area contributed by atoms with Gasteiger partial charge in [-0.25, -0.2) is 4.79 Å². The van der Waals surface area contributed by atoms with E-state index in [0.717, 1.165) is 11.4 Å². The van der Waals surface area contributed by atoms with Gasteiger partial charge in [-0.1, -0.05) is 12.1 Å². The summed E-state index contributed by atoms with van der Waals surface area (Å²) in [5, 5.41) is 10.3. The molecule has 0 atom stereocenters. The SMILES string of the molecule is CCn1c(=O)c2c(nc3n(-c4ccccc4O)c(C)c(C)n23)n(C)c1=O. The standard InChI is InChI=1S/C18H19N5O3/c1-5-21-16(25)14-15(20(4)18(21)26)19-17-22(10(2)11(3)23(14)17)12-8-6-7-9-13(12)24/h6-9,24H,5H2,1-4H3. The molecule has 4 aromatic rings. The number of aromatic nitrogens is 5. The van der Waals surface area contributed by atoms with Crippen molar-refractivity contribution in [3.8, 4) is 11.4 Å². The molecular weight excluding hydrogens is 334 g/mol. The second-order valence-electron chi connectivity index (χ2n) is 6.31. The van der Waals surface area contributed by atoms with E-state index in [1.165, 1.54) is 9.13 Å². The number of aryl methyl sites for hydroxylation is 2. The fraction of sp³-hybridized carbons (Fsp3) is 0.278.